The average molecular weight is 545 g/mol. The molecule has 3 rings (SSSR count). The topological polar surface area (TPSA) is 61.9 Å². The predicted octanol–water partition coefficient (Wildman–Crippen LogP) is 6.00. The molecule has 0 bridgehead atoms. The van der Waals surface area contributed by atoms with Gasteiger partial charge in [-0.25, -0.2) is 4.79 Å². The number of carbonyl (C=O) groups excluding carboxylic acids is 2. The Kier molecular flexibility index (Phi) is 10.6. The van der Waals surface area contributed by atoms with Crippen molar-refractivity contribution in [3.8, 4) is 0 Å². The number of para-hydroxylation sites is 1. The van der Waals surface area contributed by atoms with Crippen LogP contribution in [0.1, 0.15) is 23.8 Å². The highest BCUT2D eigenvalue weighted by Crippen LogP contribution is 2.22. The first-order valence-corrected chi connectivity index (χ1v) is 13.0. The number of rotatable bonds is 12. The summed E-state index contributed by atoms with van der Waals surface area (Å²) in [7, 11) is 0. The number of nitrogens with one attached hydrogen (secondary N) is 1. The third-order valence-electron chi connectivity index (χ3n) is 5.15. The van der Waals surface area contributed by atoms with Gasteiger partial charge in [-0.2, -0.15) is 0 Å². The molecule has 1 N–H and O–H groups in total. The second-order valence-corrected chi connectivity index (χ2v) is 9.58. The maximum absolute atomic E-state index is 13.5. The summed E-state index contributed by atoms with van der Waals surface area (Å²) in [5.41, 5.74) is 1.71. The maximum atomic E-state index is 13.5. The number of thiophene rings is 1. The molecule has 0 radical (unpaired) electrons. The van der Waals surface area contributed by atoms with E-state index in [2.05, 4.69) is 21.2 Å². The van der Waals surface area contributed by atoms with E-state index in [0.29, 0.717) is 45.0 Å². The van der Waals surface area contributed by atoms with E-state index < -0.39 is 0 Å². The predicted molar refractivity (Wildman–Crippen MR) is 141 cm³/mol. The quantitative estimate of drug-likeness (QED) is 0.285. The fourth-order valence-corrected chi connectivity index (χ4v) is 4.50. The van der Waals surface area contributed by atoms with Gasteiger partial charge in [0.15, 0.2) is 0 Å². The molecule has 0 spiro atoms. The molecule has 8 heteroatoms. The number of hydrogen-bond donors (Lipinski definition) is 1. The van der Waals surface area contributed by atoms with Crippen molar-refractivity contribution in [3.05, 3.63) is 87.0 Å². The van der Waals surface area contributed by atoms with Crippen LogP contribution in [0.2, 0.25) is 0 Å². The molecule has 1 heterocycles. The molecular weight excluding hydrogens is 514 g/mol. The van der Waals surface area contributed by atoms with Gasteiger partial charge in [0.1, 0.15) is 6.54 Å². The lowest BCUT2D eigenvalue weighted by molar-refractivity contribution is -0.133. The van der Waals surface area contributed by atoms with Gasteiger partial charge in [0.2, 0.25) is 5.91 Å². The second-order valence-electron chi connectivity index (χ2n) is 7.70. The number of amides is 3. The fraction of sp³-hybridized carbons (Fsp3) is 0.308. The zero-order valence-electron chi connectivity index (χ0n) is 19.3. The van der Waals surface area contributed by atoms with Crippen molar-refractivity contribution >= 4 is 44.9 Å². The first kappa shape index (κ1) is 25.9. The molecule has 180 valence electrons. The standard InChI is InChI=1S/C26H30BrN3O3S/c1-2-33-16-9-15-29(26(32)28-24-14-7-6-13-23(24)27)20-25(31)30(19-22-12-8-17-34-22)18-21-10-4-3-5-11-21/h3-8,10-14,17H,2,9,15-16,18-20H2,1H3,(H,28,32). The molecule has 0 aliphatic heterocycles. The Hall–Kier alpha value is -2.68. The van der Waals surface area contributed by atoms with Crippen LogP contribution in [0.3, 0.4) is 0 Å². The largest absolute Gasteiger partial charge is 0.382 e. The maximum Gasteiger partial charge on any atom is 0.322 e. The van der Waals surface area contributed by atoms with Gasteiger partial charge in [-0.3, -0.25) is 4.79 Å². The zero-order valence-corrected chi connectivity index (χ0v) is 21.7. The van der Waals surface area contributed by atoms with Gasteiger partial charge in [0.05, 0.1) is 12.2 Å². The summed E-state index contributed by atoms with van der Waals surface area (Å²) in [5.74, 6) is -0.101. The number of ether oxygens (including phenoxy) is 1. The van der Waals surface area contributed by atoms with E-state index in [-0.39, 0.29) is 18.5 Å². The van der Waals surface area contributed by atoms with Crippen molar-refractivity contribution in [2.75, 3.05) is 31.6 Å². The van der Waals surface area contributed by atoms with Gasteiger partial charge in [-0.1, -0.05) is 48.5 Å². The van der Waals surface area contributed by atoms with Gasteiger partial charge in [0, 0.05) is 35.7 Å². The summed E-state index contributed by atoms with van der Waals surface area (Å²) < 4.78 is 6.23. The van der Waals surface area contributed by atoms with Gasteiger partial charge in [-0.15, -0.1) is 11.3 Å². The first-order chi connectivity index (χ1) is 16.6. The molecule has 3 aromatic rings. The molecule has 6 nitrogen and oxygen atoms in total. The Morgan fingerprint density at radius 1 is 0.971 bits per heavy atom. The summed E-state index contributed by atoms with van der Waals surface area (Å²) in [6, 6.07) is 21.0. The molecule has 0 unspecified atom stereocenters. The minimum atomic E-state index is -0.312. The van der Waals surface area contributed by atoms with E-state index >= 15 is 0 Å². The van der Waals surface area contributed by atoms with Crippen LogP contribution >= 0.6 is 27.3 Å². The Labute approximate surface area is 213 Å². The molecule has 0 saturated heterocycles. The highest BCUT2D eigenvalue weighted by atomic mass is 79.9. The van der Waals surface area contributed by atoms with Crippen LogP contribution in [0.4, 0.5) is 10.5 Å². The van der Waals surface area contributed by atoms with Crippen LogP contribution in [-0.2, 0) is 22.6 Å². The van der Waals surface area contributed by atoms with E-state index in [1.54, 1.807) is 16.2 Å². The Bertz CT molecular complexity index is 1030. The molecule has 1 aromatic heterocycles. The molecule has 0 aliphatic rings. The number of nitrogens with zero attached hydrogens (tertiary/aromatic N) is 2. The van der Waals surface area contributed by atoms with Gasteiger partial charge in [-0.05, 0) is 58.4 Å². The highest BCUT2D eigenvalue weighted by molar-refractivity contribution is 9.10. The minimum absolute atomic E-state index is 0.0133. The molecule has 0 saturated carbocycles. The van der Waals surface area contributed by atoms with Crippen molar-refractivity contribution in [1.82, 2.24) is 9.80 Å². The summed E-state index contributed by atoms with van der Waals surface area (Å²) in [5, 5.41) is 4.93. The van der Waals surface area contributed by atoms with Crippen LogP contribution in [0, 0.1) is 0 Å². The number of carbonyl (C=O) groups is 2. The lowest BCUT2D eigenvalue weighted by atomic mass is 10.2. The molecule has 0 aliphatic carbocycles. The SMILES string of the molecule is CCOCCCN(CC(=O)N(Cc1ccccc1)Cc1cccs1)C(=O)Nc1ccccc1Br. The molecular formula is C26H30BrN3O3S. The fourth-order valence-electron chi connectivity index (χ4n) is 3.40. The van der Waals surface area contributed by atoms with Crippen LogP contribution in [0.15, 0.2) is 76.6 Å². The lowest BCUT2D eigenvalue weighted by Gasteiger charge is -2.28. The Morgan fingerprint density at radius 2 is 1.74 bits per heavy atom. The summed E-state index contributed by atoms with van der Waals surface area (Å²) in [6.45, 7) is 4.48. The van der Waals surface area contributed by atoms with Crippen LogP contribution in [-0.4, -0.2) is 48.0 Å². The molecule has 34 heavy (non-hydrogen) atoms. The summed E-state index contributed by atoms with van der Waals surface area (Å²) in [4.78, 5) is 31.1. The highest BCUT2D eigenvalue weighted by Gasteiger charge is 2.22. The van der Waals surface area contributed by atoms with Gasteiger partial charge >= 0.3 is 6.03 Å². The van der Waals surface area contributed by atoms with Crippen molar-refractivity contribution in [2.45, 2.75) is 26.4 Å². The van der Waals surface area contributed by atoms with Gasteiger partial charge < -0.3 is 19.9 Å². The van der Waals surface area contributed by atoms with E-state index in [4.69, 9.17) is 4.74 Å². The molecule has 0 atom stereocenters. The lowest BCUT2D eigenvalue weighted by Crippen LogP contribution is -2.44. The Morgan fingerprint density at radius 3 is 2.44 bits per heavy atom. The number of benzene rings is 2. The third kappa shape index (κ3) is 8.27. The zero-order chi connectivity index (χ0) is 24.2. The van der Waals surface area contributed by atoms with Crippen molar-refractivity contribution in [2.24, 2.45) is 0 Å². The number of urea groups is 1. The smallest absolute Gasteiger partial charge is 0.322 e. The van der Waals surface area contributed by atoms with E-state index in [1.165, 1.54) is 0 Å². The molecule has 0 fully saturated rings. The minimum Gasteiger partial charge on any atom is -0.382 e. The van der Waals surface area contributed by atoms with Crippen molar-refractivity contribution in [3.63, 3.8) is 0 Å². The average Bonchev–Trinajstić information content (AvgIpc) is 3.36. The number of halogens is 1. The summed E-state index contributed by atoms with van der Waals surface area (Å²) in [6.07, 6.45) is 0.647. The van der Waals surface area contributed by atoms with E-state index in [0.717, 1.165) is 14.9 Å². The Balaban J connectivity index is 1.74. The normalized spacial score (nSPS) is 10.6. The van der Waals surface area contributed by atoms with Gasteiger partial charge in [0.25, 0.3) is 0 Å². The molecule has 3 amide bonds. The van der Waals surface area contributed by atoms with Crippen LogP contribution < -0.4 is 5.32 Å². The number of hydrogen-bond acceptors (Lipinski definition) is 4. The van der Waals surface area contributed by atoms with E-state index in [1.807, 2.05) is 83.9 Å². The first-order valence-electron chi connectivity index (χ1n) is 11.3. The van der Waals surface area contributed by atoms with Crippen LogP contribution in [0.25, 0.3) is 0 Å². The van der Waals surface area contributed by atoms with Crippen LogP contribution in [0.5, 0.6) is 0 Å². The van der Waals surface area contributed by atoms with Crippen molar-refractivity contribution < 1.29 is 14.3 Å². The second kappa shape index (κ2) is 13.9. The van der Waals surface area contributed by atoms with E-state index in [9.17, 15) is 9.59 Å². The van der Waals surface area contributed by atoms with Crippen molar-refractivity contribution in [1.29, 1.82) is 0 Å². The third-order valence-corrected chi connectivity index (χ3v) is 6.70. The summed E-state index contributed by atoms with van der Waals surface area (Å²) >= 11 is 5.08. The monoisotopic (exact) mass is 543 g/mol. The molecule has 2 aromatic carbocycles. The number of anilines is 1.